The lowest BCUT2D eigenvalue weighted by Gasteiger charge is -2.14. The van der Waals surface area contributed by atoms with Crippen LogP contribution in [-0.2, 0) is 5.41 Å². The minimum Gasteiger partial charge on any atom is -0.396 e. The van der Waals surface area contributed by atoms with Crippen LogP contribution >= 0.6 is 23.7 Å². The molecule has 1 aromatic heterocycles. The first-order valence-corrected chi connectivity index (χ1v) is 7.72. The normalized spacial score (nSPS) is 12.8. The van der Waals surface area contributed by atoms with E-state index in [-0.39, 0.29) is 30.5 Å². The van der Waals surface area contributed by atoms with Crippen molar-refractivity contribution in [2.45, 2.75) is 38.6 Å². The summed E-state index contributed by atoms with van der Waals surface area (Å²) in [7, 11) is 0. The molecule has 21 heavy (non-hydrogen) atoms. The van der Waals surface area contributed by atoms with Gasteiger partial charge in [0.2, 0.25) is 0 Å². The fourth-order valence-corrected chi connectivity index (χ4v) is 2.98. The van der Waals surface area contributed by atoms with E-state index in [9.17, 15) is 0 Å². The van der Waals surface area contributed by atoms with Crippen molar-refractivity contribution < 1.29 is 5.11 Å². The van der Waals surface area contributed by atoms with E-state index in [1.54, 1.807) is 11.3 Å². The van der Waals surface area contributed by atoms with Gasteiger partial charge in [0.15, 0.2) is 0 Å². The molecule has 0 fully saturated rings. The first kappa shape index (κ1) is 18.1. The van der Waals surface area contributed by atoms with E-state index in [1.807, 2.05) is 12.1 Å². The molecular weight excluding hydrogens is 304 g/mol. The summed E-state index contributed by atoms with van der Waals surface area (Å²) < 4.78 is 0. The Morgan fingerprint density at radius 3 is 2.33 bits per heavy atom. The number of aromatic nitrogens is 1. The van der Waals surface area contributed by atoms with Crippen LogP contribution in [0.2, 0.25) is 0 Å². The summed E-state index contributed by atoms with van der Waals surface area (Å²) in [6.07, 6.45) is 0.588. The van der Waals surface area contributed by atoms with Gasteiger partial charge in [0.05, 0.1) is 5.69 Å². The van der Waals surface area contributed by atoms with Gasteiger partial charge in [0.25, 0.3) is 0 Å². The molecule has 1 aromatic carbocycles. The van der Waals surface area contributed by atoms with Crippen LogP contribution in [0.25, 0.3) is 10.6 Å². The van der Waals surface area contributed by atoms with Crippen LogP contribution in [0.15, 0.2) is 29.6 Å². The van der Waals surface area contributed by atoms with Crippen molar-refractivity contribution in [1.29, 1.82) is 0 Å². The van der Waals surface area contributed by atoms with Crippen molar-refractivity contribution in [3.05, 3.63) is 40.9 Å². The molecule has 0 aliphatic carbocycles. The third-order valence-electron chi connectivity index (χ3n) is 3.30. The van der Waals surface area contributed by atoms with Crippen molar-refractivity contribution >= 4 is 23.7 Å². The SMILES string of the molecule is CC(C)(C)c1csc(-c2ccc(C(N)CCO)cc2)n1.Cl. The highest BCUT2D eigenvalue weighted by atomic mass is 35.5. The maximum Gasteiger partial charge on any atom is 0.123 e. The summed E-state index contributed by atoms with van der Waals surface area (Å²) in [6.45, 7) is 6.62. The lowest BCUT2D eigenvalue weighted by molar-refractivity contribution is 0.276. The van der Waals surface area contributed by atoms with Crippen molar-refractivity contribution in [2.75, 3.05) is 6.61 Å². The molecule has 3 N–H and O–H groups in total. The first-order chi connectivity index (χ1) is 9.41. The van der Waals surface area contributed by atoms with Gasteiger partial charge in [-0.2, -0.15) is 0 Å². The second-order valence-electron chi connectivity index (χ2n) is 6.03. The van der Waals surface area contributed by atoms with Gasteiger partial charge in [-0.3, -0.25) is 0 Å². The summed E-state index contributed by atoms with van der Waals surface area (Å²) in [5.74, 6) is 0. The topological polar surface area (TPSA) is 59.1 Å². The number of nitrogens with two attached hydrogens (primary N) is 1. The number of hydrogen-bond donors (Lipinski definition) is 2. The van der Waals surface area contributed by atoms with Gasteiger partial charge in [0.1, 0.15) is 5.01 Å². The molecule has 5 heteroatoms. The first-order valence-electron chi connectivity index (χ1n) is 6.84. The molecular formula is C16H23ClN2OS. The second-order valence-corrected chi connectivity index (χ2v) is 6.89. The number of hydrogen-bond acceptors (Lipinski definition) is 4. The summed E-state index contributed by atoms with van der Waals surface area (Å²) in [5, 5.41) is 12.1. The molecule has 0 aliphatic heterocycles. The Kier molecular flexibility index (Phi) is 6.35. The monoisotopic (exact) mass is 326 g/mol. The average Bonchev–Trinajstić information content (AvgIpc) is 2.89. The van der Waals surface area contributed by atoms with Gasteiger partial charge in [-0.15, -0.1) is 23.7 Å². The van der Waals surface area contributed by atoms with E-state index in [0.717, 1.165) is 21.8 Å². The largest absolute Gasteiger partial charge is 0.396 e. The van der Waals surface area contributed by atoms with Crippen molar-refractivity contribution in [1.82, 2.24) is 4.98 Å². The fourth-order valence-electron chi connectivity index (χ4n) is 1.93. The maximum absolute atomic E-state index is 8.92. The molecule has 1 unspecified atom stereocenters. The Bertz CT molecular complexity index is 560. The minimum absolute atomic E-state index is 0. The predicted molar refractivity (Wildman–Crippen MR) is 92.1 cm³/mol. The van der Waals surface area contributed by atoms with Crippen LogP contribution in [0.5, 0.6) is 0 Å². The zero-order chi connectivity index (χ0) is 14.8. The van der Waals surface area contributed by atoms with E-state index in [4.69, 9.17) is 15.8 Å². The average molecular weight is 327 g/mol. The molecule has 0 amide bonds. The number of aliphatic hydroxyl groups is 1. The molecule has 0 saturated heterocycles. The van der Waals surface area contributed by atoms with Gasteiger partial charge in [-0.1, -0.05) is 45.0 Å². The van der Waals surface area contributed by atoms with Crippen LogP contribution in [0.3, 0.4) is 0 Å². The zero-order valence-corrected chi connectivity index (χ0v) is 14.3. The van der Waals surface area contributed by atoms with E-state index >= 15 is 0 Å². The van der Waals surface area contributed by atoms with Crippen molar-refractivity contribution in [3.8, 4) is 10.6 Å². The Hall–Kier alpha value is -0.940. The third kappa shape index (κ3) is 4.51. The van der Waals surface area contributed by atoms with Crippen molar-refractivity contribution in [3.63, 3.8) is 0 Å². The molecule has 0 spiro atoms. The van der Waals surface area contributed by atoms with Crippen LogP contribution in [-0.4, -0.2) is 16.7 Å². The van der Waals surface area contributed by atoms with E-state index in [1.165, 1.54) is 0 Å². The smallest absolute Gasteiger partial charge is 0.123 e. The number of benzene rings is 1. The summed E-state index contributed by atoms with van der Waals surface area (Å²) >= 11 is 1.67. The van der Waals surface area contributed by atoms with Crippen LogP contribution in [0, 0.1) is 0 Å². The fraction of sp³-hybridized carbons (Fsp3) is 0.438. The Morgan fingerprint density at radius 1 is 1.24 bits per heavy atom. The van der Waals surface area contributed by atoms with Crippen LogP contribution in [0.1, 0.15) is 44.5 Å². The Labute approximate surface area is 136 Å². The number of rotatable bonds is 4. The van der Waals surface area contributed by atoms with Gasteiger partial charge in [-0.05, 0) is 12.0 Å². The molecule has 0 saturated carbocycles. The van der Waals surface area contributed by atoms with Crippen molar-refractivity contribution in [2.24, 2.45) is 5.73 Å². The molecule has 3 nitrogen and oxygen atoms in total. The van der Waals surface area contributed by atoms with Gasteiger partial charge >= 0.3 is 0 Å². The third-order valence-corrected chi connectivity index (χ3v) is 4.19. The highest BCUT2D eigenvalue weighted by molar-refractivity contribution is 7.13. The number of aliphatic hydroxyl groups excluding tert-OH is 1. The Balaban J connectivity index is 0.00000220. The standard InChI is InChI=1S/C16H22N2OS.ClH/c1-16(2,3)14-10-20-15(18-14)12-6-4-11(5-7-12)13(17)8-9-19;/h4-7,10,13,19H,8-9,17H2,1-3H3;1H. The summed E-state index contributed by atoms with van der Waals surface area (Å²) in [4.78, 5) is 4.71. The number of nitrogens with zero attached hydrogens (tertiary/aromatic N) is 1. The van der Waals surface area contributed by atoms with E-state index in [2.05, 4.69) is 38.3 Å². The number of thiazole rings is 1. The number of halogens is 1. The zero-order valence-electron chi connectivity index (χ0n) is 12.7. The highest BCUT2D eigenvalue weighted by Crippen LogP contribution is 2.30. The molecule has 2 rings (SSSR count). The van der Waals surface area contributed by atoms with E-state index < -0.39 is 0 Å². The maximum atomic E-state index is 8.92. The lowest BCUT2D eigenvalue weighted by Crippen LogP contribution is -2.11. The van der Waals surface area contributed by atoms with Gasteiger partial charge in [0, 0.05) is 29.0 Å². The molecule has 116 valence electrons. The van der Waals surface area contributed by atoms with E-state index in [0.29, 0.717) is 6.42 Å². The predicted octanol–water partition coefficient (Wildman–Crippen LogP) is 3.91. The molecule has 0 radical (unpaired) electrons. The highest BCUT2D eigenvalue weighted by Gasteiger charge is 2.18. The Morgan fingerprint density at radius 2 is 1.86 bits per heavy atom. The van der Waals surface area contributed by atoms with Gasteiger partial charge in [-0.25, -0.2) is 4.98 Å². The lowest BCUT2D eigenvalue weighted by atomic mass is 9.93. The molecule has 1 heterocycles. The quantitative estimate of drug-likeness (QED) is 0.895. The van der Waals surface area contributed by atoms with Gasteiger partial charge < -0.3 is 10.8 Å². The minimum atomic E-state index is -0.101. The van der Waals surface area contributed by atoms with Crippen LogP contribution < -0.4 is 5.73 Å². The molecule has 0 aliphatic rings. The molecule has 1 atom stereocenters. The second kappa shape index (κ2) is 7.36. The molecule has 0 bridgehead atoms. The summed E-state index contributed by atoms with van der Waals surface area (Å²) in [5.41, 5.74) is 9.36. The summed E-state index contributed by atoms with van der Waals surface area (Å²) in [6, 6.07) is 8.05. The van der Waals surface area contributed by atoms with Crippen LogP contribution in [0.4, 0.5) is 0 Å². The molecule has 2 aromatic rings.